The van der Waals surface area contributed by atoms with E-state index in [1.807, 2.05) is 35.2 Å². The minimum absolute atomic E-state index is 0.0280. The first-order valence-electron chi connectivity index (χ1n) is 9.96. The topological polar surface area (TPSA) is 61.4 Å². The fourth-order valence-corrected chi connectivity index (χ4v) is 4.16. The van der Waals surface area contributed by atoms with Gasteiger partial charge in [-0.15, -0.1) is 0 Å². The SMILES string of the molecule is C[C@H]1[C@H](C)CCC[C@@H]1NC(=O)C1CCN(C(=O)Nc2ccccc2)CC1. The van der Waals surface area contributed by atoms with E-state index in [0.717, 1.165) is 24.9 Å². The average Bonchev–Trinajstić information content (AvgIpc) is 2.66. The molecule has 1 aromatic rings. The molecule has 1 aromatic carbocycles. The van der Waals surface area contributed by atoms with E-state index in [0.29, 0.717) is 31.0 Å². The number of amides is 3. The van der Waals surface area contributed by atoms with Gasteiger partial charge in [-0.1, -0.05) is 44.9 Å². The summed E-state index contributed by atoms with van der Waals surface area (Å²) in [4.78, 5) is 26.8. The summed E-state index contributed by atoms with van der Waals surface area (Å²) in [5, 5.41) is 6.21. The predicted molar refractivity (Wildman–Crippen MR) is 104 cm³/mol. The van der Waals surface area contributed by atoms with Crippen LogP contribution in [0.2, 0.25) is 0 Å². The van der Waals surface area contributed by atoms with Gasteiger partial charge in [0, 0.05) is 30.7 Å². The number of para-hydroxylation sites is 1. The lowest BCUT2D eigenvalue weighted by Gasteiger charge is -2.37. The van der Waals surface area contributed by atoms with E-state index in [9.17, 15) is 9.59 Å². The Morgan fingerprint density at radius 2 is 1.69 bits per heavy atom. The first-order chi connectivity index (χ1) is 12.5. The molecule has 0 aromatic heterocycles. The van der Waals surface area contributed by atoms with Gasteiger partial charge in [-0.05, 0) is 43.2 Å². The maximum absolute atomic E-state index is 12.7. The van der Waals surface area contributed by atoms with Crippen LogP contribution in [0.4, 0.5) is 10.5 Å². The maximum atomic E-state index is 12.7. The predicted octanol–water partition coefficient (Wildman–Crippen LogP) is 3.87. The number of anilines is 1. The Balaban J connectivity index is 1.45. The van der Waals surface area contributed by atoms with Gasteiger partial charge in [0.25, 0.3) is 0 Å². The molecular formula is C21H31N3O2. The highest BCUT2D eigenvalue weighted by atomic mass is 16.2. The van der Waals surface area contributed by atoms with Crippen molar-refractivity contribution in [3.63, 3.8) is 0 Å². The third-order valence-corrected chi connectivity index (χ3v) is 6.21. The number of hydrogen-bond donors (Lipinski definition) is 2. The van der Waals surface area contributed by atoms with Crippen molar-refractivity contribution >= 4 is 17.6 Å². The number of urea groups is 1. The number of nitrogens with one attached hydrogen (secondary N) is 2. The second-order valence-electron chi connectivity index (χ2n) is 7.94. The molecule has 2 fully saturated rings. The van der Waals surface area contributed by atoms with E-state index >= 15 is 0 Å². The van der Waals surface area contributed by atoms with Crippen molar-refractivity contribution in [1.82, 2.24) is 10.2 Å². The van der Waals surface area contributed by atoms with E-state index in [2.05, 4.69) is 24.5 Å². The summed E-state index contributed by atoms with van der Waals surface area (Å²) in [5.41, 5.74) is 0.803. The summed E-state index contributed by atoms with van der Waals surface area (Å²) in [5.74, 6) is 1.43. The van der Waals surface area contributed by atoms with E-state index < -0.39 is 0 Å². The van der Waals surface area contributed by atoms with Crippen LogP contribution in [0.25, 0.3) is 0 Å². The Labute approximate surface area is 156 Å². The number of carbonyl (C=O) groups excluding carboxylic acids is 2. The van der Waals surface area contributed by atoms with Crippen LogP contribution in [-0.4, -0.2) is 36.0 Å². The molecule has 26 heavy (non-hydrogen) atoms. The first-order valence-corrected chi connectivity index (χ1v) is 9.96. The maximum Gasteiger partial charge on any atom is 0.321 e. The van der Waals surface area contributed by atoms with E-state index in [4.69, 9.17) is 0 Å². The van der Waals surface area contributed by atoms with Crippen LogP contribution in [0.3, 0.4) is 0 Å². The summed E-state index contributed by atoms with van der Waals surface area (Å²) < 4.78 is 0. The van der Waals surface area contributed by atoms with Crippen LogP contribution in [0, 0.1) is 17.8 Å². The second kappa shape index (κ2) is 8.56. The lowest BCUT2D eigenvalue weighted by atomic mass is 9.78. The number of likely N-dealkylation sites (tertiary alicyclic amines) is 1. The van der Waals surface area contributed by atoms with Gasteiger partial charge in [-0.3, -0.25) is 4.79 Å². The lowest BCUT2D eigenvalue weighted by Crippen LogP contribution is -2.49. The number of hydrogen-bond acceptors (Lipinski definition) is 2. The number of carbonyl (C=O) groups is 2. The van der Waals surface area contributed by atoms with Crippen LogP contribution in [0.15, 0.2) is 30.3 Å². The van der Waals surface area contributed by atoms with Gasteiger partial charge < -0.3 is 15.5 Å². The van der Waals surface area contributed by atoms with Crippen molar-refractivity contribution in [2.24, 2.45) is 17.8 Å². The molecule has 0 spiro atoms. The lowest BCUT2D eigenvalue weighted by molar-refractivity contribution is -0.127. The zero-order chi connectivity index (χ0) is 18.5. The molecular weight excluding hydrogens is 326 g/mol. The molecule has 1 aliphatic heterocycles. The smallest absolute Gasteiger partial charge is 0.321 e. The van der Waals surface area contributed by atoms with E-state index in [1.54, 1.807) is 0 Å². The summed E-state index contributed by atoms with van der Waals surface area (Å²) >= 11 is 0. The first kappa shape index (κ1) is 18.7. The molecule has 2 N–H and O–H groups in total. The van der Waals surface area contributed by atoms with Crippen molar-refractivity contribution < 1.29 is 9.59 Å². The van der Waals surface area contributed by atoms with Crippen molar-refractivity contribution in [1.29, 1.82) is 0 Å². The van der Waals surface area contributed by atoms with E-state index in [1.165, 1.54) is 12.8 Å². The molecule has 0 radical (unpaired) electrons. The minimum atomic E-state index is -0.0789. The summed E-state index contributed by atoms with van der Waals surface area (Å²) in [6.07, 6.45) is 5.04. The molecule has 1 heterocycles. The Bertz CT molecular complexity index is 611. The number of nitrogens with zero attached hydrogens (tertiary/aromatic N) is 1. The van der Waals surface area contributed by atoms with Crippen molar-refractivity contribution in [3.05, 3.63) is 30.3 Å². The van der Waals surface area contributed by atoms with Gasteiger partial charge in [-0.25, -0.2) is 4.79 Å². The van der Waals surface area contributed by atoms with Crippen LogP contribution in [0.1, 0.15) is 46.0 Å². The molecule has 1 aliphatic carbocycles. The molecule has 5 nitrogen and oxygen atoms in total. The molecule has 142 valence electrons. The zero-order valence-corrected chi connectivity index (χ0v) is 15.9. The third kappa shape index (κ3) is 4.57. The fraction of sp³-hybridized carbons (Fsp3) is 0.619. The highest BCUT2D eigenvalue weighted by Crippen LogP contribution is 2.30. The molecule has 3 amide bonds. The van der Waals surface area contributed by atoms with Crippen LogP contribution in [-0.2, 0) is 4.79 Å². The van der Waals surface area contributed by atoms with Crippen molar-refractivity contribution in [3.8, 4) is 0 Å². The van der Waals surface area contributed by atoms with Gasteiger partial charge in [-0.2, -0.15) is 0 Å². The molecule has 1 saturated heterocycles. The normalized spacial score (nSPS) is 27.0. The average molecular weight is 357 g/mol. The van der Waals surface area contributed by atoms with Crippen molar-refractivity contribution in [2.75, 3.05) is 18.4 Å². The Kier molecular flexibility index (Phi) is 6.17. The van der Waals surface area contributed by atoms with Gasteiger partial charge in [0.1, 0.15) is 0 Å². The monoisotopic (exact) mass is 357 g/mol. The number of rotatable bonds is 3. The standard InChI is InChI=1S/C21H31N3O2/c1-15-7-6-10-19(16(15)2)23-20(25)17-11-13-24(14-12-17)21(26)22-18-8-4-3-5-9-18/h3-5,8-9,15-17,19H,6-7,10-14H2,1-2H3,(H,22,26)(H,23,25)/t15-,16+,19+/m1/s1. The van der Waals surface area contributed by atoms with Gasteiger partial charge in [0.15, 0.2) is 0 Å². The number of piperidine rings is 1. The molecule has 2 aliphatic rings. The van der Waals surface area contributed by atoms with Gasteiger partial charge in [0.05, 0.1) is 0 Å². The Morgan fingerprint density at radius 3 is 2.38 bits per heavy atom. The second-order valence-corrected chi connectivity index (χ2v) is 7.94. The van der Waals surface area contributed by atoms with Gasteiger partial charge >= 0.3 is 6.03 Å². The van der Waals surface area contributed by atoms with Crippen molar-refractivity contribution in [2.45, 2.75) is 52.0 Å². The van der Waals surface area contributed by atoms with Gasteiger partial charge in [0.2, 0.25) is 5.91 Å². The highest BCUT2D eigenvalue weighted by Gasteiger charge is 2.32. The van der Waals surface area contributed by atoms with Crippen LogP contribution >= 0.6 is 0 Å². The molecule has 3 rings (SSSR count). The largest absolute Gasteiger partial charge is 0.353 e. The molecule has 3 atom stereocenters. The summed E-state index contributed by atoms with van der Waals surface area (Å²) in [6.45, 7) is 5.80. The minimum Gasteiger partial charge on any atom is -0.353 e. The molecule has 0 unspecified atom stereocenters. The van der Waals surface area contributed by atoms with Crippen LogP contribution in [0.5, 0.6) is 0 Å². The highest BCUT2D eigenvalue weighted by molar-refractivity contribution is 5.89. The fourth-order valence-electron chi connectivity index (χ4n) is 4.16. The Hall–Kier alpha value is -2.04. The molecule has 0 bridgehead atoms. The molecule has 1 saturated carbocycles. The quantitative estimate of drug-likeness (QED) is 0.862. The summed E-state index contributed by atoms with van der Waals surface area (Å²) in [6, 6.07) is 9.72. The third-order valence-electron chi connectivity index (χ3n) is 6.21. The number of benzene rings is 1. The van der Waals surface area contributed by atoms with E-state index in [-0.39, 0.29) is 17.9 Å². The molecule has 5 heteroatoms. The Morgan fingerprint density at radius 1 is 1.00 bits per heavy atom. The van der Waals surface area contributed by atoms with Crippen LogP contribution < -0.4 is 10.6 Å². The summed E-state index contributed by atoms with van der Waals surface area (Å²) in [7, 11) is 0. The zero-order valence-electron chi connectivity index (χ0n) is 15.9.